The molecule has 0 fully saturated rings. The highest BCUT2D eigenvalue weighted by Crippen LogP contribution is 2.30. The van der Waals surface area contributed by atoms with E-state index in [4.69, 9.17) is 4.74 Å². The topological polar surface area (TPSA) is 70.9 Å². The average molecular weight is 503 g/mol. The SMILES string of the molecule is Cc1cc(C)c(OCC(=O)NN=Cc2ccc(O)c(I)c2)c(Br)c1. The second-order valence-electron chi connectivity index (χ2n) is 5.19. The number of rotatable bonds is 5. The summed E-state index contributed by atoms with van der Waals surface area (Å²) in [5.74, 6) is 0.503. The van der Waals surface area contributed by atoms with Crippen LogP contribution in [0.4, 0.5) is 0 Å². The van der Waals surface area contributed by atoms with Gasteiger partial charge in [-0.3, -0.25) is 4.79 Å². The number of ether oxygens (including phenoxy) is 1. The first-order valence-electron chi connectivity index (χ1n) is 7.07. The molecule has 2 aromatic rings. The Morgan fingerprint density at radius 3 is 2.79 bits per heavy atom. The number of benzene rings is 2. The Kier molecular flexibility index (Phi) is 6.61. The number of halogens is 2. The van der Waals surface area contributed by atoms with Crippen LogP contribution in [0.5, 0.6) is 11.5 Å². The molecule has 0 aromatic heterocycles. The number of nitrogens with zero attached hydrogens (tertiary/aromatic N) is 1. The Balaban J connectivity index is 1.90. The van der Waals surface area contributed by atoms with Crippen molar-refractivity contribution in [3.8, 4) is 11.5 Å². The van der Waals surface area contributed by atoms with Gasteiger partial charge in [-0.1, -0.05) is 6.07 Å². The first kappa shape index (κ1) is 18.7. The standard InChI is InChI=1S/C17H16BrIN2O3/c1-10-5-11(2)17(13(18)6-10)24-9-16(23)21-20-8-12-3-4-15(22)14(19)7-12/h3-8,22H,9H2,1-2H3,(H,21,23). The lowest BCUT2D eigenvalue weighted by Crippen LogP contribution is -2.24. The van der Waals surface area contributed by atoms with E-state index in [-0.39, 0.29) is 18.3 Å². The zero-order valence-corrected chi connectivity index (χ0v) is 16.9. The number of carbonyl (C=O) groups is 1. The maximum Gasteiger partial charge on any atom is 0.277 e. The molecule has 0 aliphatic carbocycles. The van der Waals surface area contributed by atoms with Gasteiger partial charge in [0.2, 0.25) is 0 Å². The van der Waals surface area contributed by atoms with Crippen molar-refractivity contribution in [1.29, 1.82) is 0 Å². The number of phenols is 1. The highest BCUT2D eigenvalue weighted by Gasteiger charge is 2.08. The van der Waals surface area contributed by atoms with Gasteiger partial charge in [-0.25, -0.2) is 5.43 Å². The van der Waals surface area contributed by atoms with Crippen LogP contribution in [0, 0.1) is 17.4 Å². The predicted octanol–water partition coefficient (Wildman–Crippen LogP) is 3.91. The van der Waals surface area contributed by atoms with Crippen molar-refractivity contribution in [2.24, 2.45) is 5.10 Å². The van der Waals surface area contributed by atoms with Gasteiger partial charge in [0.15, 0.2) is 6.61 Å². The van der Waals surface area contributed by atoms with Gasteiger partial charge < -0.3 is 9.84 Å². The van der Waals surface area contributed by atoms with Crippen LogP contribution in [0.1, 0.15) is 16.7 Å². The zero-order chi connectivity index (χ0) is 17.7. The molecule has 2 N–H and O–H groups in total. The highest BCUT2D eigenvalue weighted by atomic mass is 127. The molecule has 0 aliphatic rings. The van der Waals surface area contributed by atoms with Crippen molar-refractivity contribution in [2.45, 2.75) is 13.8 Å². The van der Waals surface area contributed by atoms with E-state index in [9.17, 15) is 9.90 Å². The molecule has 7 heteroatoms. The van der Waals surface area contributed by atoms with Crippen molar-refractivity contribution in [3.05, 3.63) is 55.1 Å². The van der Waals surface area contributed by atoms with Crippen LogP contribution in [0.15, 0.2) is 39.9 Å². The molecule has 2 aromatic carbocycles. The molecule has 0 spiro atoms. The van der Waals surface area contributed by atoms with Crippen LogP contribution < -0.4 is 10.2 Å². The van der Waals surface area contributed by atoms with Gasteiger partial charge in [0.05, 0.1) is 14.3 Å². The first-order valence-corrected chi connectivity index (χ1v) is 8.94. The molecule has 24 heavy (non-hydrogen) atoms. The summed E-state index contributed by atoms with van der Waals surface area (Å²) in [7, 11) is 0. The molecule has 0 atom stereocenters. The summed E-state index contributed by atoms with van der Waals surface area (Å²) in [5, 5.41) is 13.3. The molecule has 0 radical (unpaired) electrons. The van der Waals surface area contributed by atoms with E-state index in [2.05, 4.69) is 26.5 Å². The molecule has 0 saturated carbocycles. The number of carbonyl (C=O) groups excluding carboxylic acids is 1. The minimum atomic E-state index is -0.355. The number of phenolic OH excluding ortho intramolecular Hbond substituents is 1. The first-order chi connectivity index (χ1) is 11.4. The summed E-state index contributed by atoms with van der Waals surface area (Å²) in [6.45, 7) is 3.79. The molecule has 0 aliphatic heterocycles. The maximum atomic E-state index is 11.8. The van der Waals surface area contributed by atoms with Crippen LogP contribution in [0.3, 0.4) is 0 Å². The largest absolute Gasteiger partial charge is 0.507 e. The van der Waals surface area contributed by atoms with Crippen LogP contribution in [-0.2, 0) is 4.79 Å². The second-order valence-corrected chi connectivity index (χ2v) is 7.20. The fraction of sp³-hybridized carbons (Fsp3) is 0.176. The van der Waals surface area contributed by atoms with Crippen LogP contribution in [0.25, 0.3) is 0 Å². The molecular weight excluding hydrogens is 487 g/mol. The Hall–Kier alpha value is -1.61. The van der Waals surface area contributed by atoms with Crippen molar-refractivity contribution in [2.75, 3.05) is 6.61 Å². The van der Waals surface area contributed by atoms with E-state index in [1.807, 2.05) is 48.6 Å². The molecule has 5 nitrogen and oxygen atoms in total. The third-order valence-electron chi connectivity index (χ3n) is 3.10. The molecular formula is C17H16BrIN2O3. The summed E-state index contributed by atoms with van der Waals surface area (Å²) < 4.78 is 7.08. The third-order valence-corrected chi connectivity index (χ3v) is 4.55. The van der Waals surface area contributed by atoms with Crippen LogP contribution in [-0.4, -0.2) is 23.8 Å². The fourth-order valence-electron chi connectivity index (χ4n) is 2.04. The van der Waals surface area contributed by atoms with E-state index in [0.717, 1.165) is 21.2 Å². The average Bonchev–Trinajstić information content (AvgIpc) is 2.49. The molecule has 126 valence electrons. The maximum absolute atomic E-state index is 11.8. The van der Waals surface area contributed by atoms with Gasteiger partial charge in [-0.05, 0) is 93.3 Å². The summed E-state index contributed by atoms with van der Waals surface area (Å²) in [6, 6.07) is 8.96. The normalized spacial score (nSPS) is 10.8. The Morgan fingerprint density at radius 2 is 2.12 bits per heavy atom. The Morgan fingerprint density at radius 1 is 1.38 bits per heavy atom. The number of aromatic hydroxyl groups is 1. The van der Waals surface area contributed by atoms with E-state index < -0.39 is 0 Å². The van der Waals surface area contributed by atoms with Gasteiger partial charge in [-0.2, -0.15) is 5.10 Å². The molecule has 0 heterocycles. The number of amides is 1. The lowest BCUT2D eigenvalue weighted by Gasteiger charge is -2.11. The van der Waals surface area contributed by atoms with Gasteiger partial charge >= 0.3 is 0 Å². The Bertz CT molecular complexity index is 770. The number of nitrogens with one attached hydrogen (secondary N) is 1. The monoisotopic (exact) mass is 502 g/mol. The molecule has 0 saturated heterocycles. The minimum absolute atomic E-state index is 0.132. The summed E-state index contributed by atoms with van der Waals surface area (Å²) in [5.41, 5.74) is 5.26. The van der Waals surface area contributed by atoms with Crippen molar-refractivity contribution >= 4 is 50.6 Å². The number of hydrogen-bond donors (Lipinski definition) is 2. The van der Waals surface area contributed by atoms with Gasteiger partial charge in [0.1, 0.15) is 11.5 Å². The van der Waals surface area contributed by atoms with E-state index in [1.165, 1.54) is 6.21 Å². The van der Waals surface area contributed by atoms with E-state index in [1.54, 1.807) is 18.2 Å². The Labute approximate surface area is 162 Å². The number of hydrazone groups is 1. The summed E-state index contributed by atoms with van der Waals surface area (Å²) in [4.78, 5) is 11.8. The smallest absolute Gasteiger partial charge is 0.277 e. The molecule has 1 amide bonds. The van der Waals surface area contributed by atoms with Gasteiger partial charge in [0, 0.05) is 0 Å². The van der Waals surface area contributed by atoms with Crippen LogP contribution >= 0.6 is 38.5 Å². The van der Waals surface area contributed by atoms with Crippen molar-refractivity contribution in [3.63, 3.8) is 0 Å². The number of aryl methyl sites for hydroxylation is 2. The van der Waals surface area contributed by atoms with E-state index >= 15 is 0 Å². The fourth-order valence-corrected chi connectivity index (χ4v) is 3.37. The molecule has 0 bridgehead atoms. The summed E-state index contributed by atoms with van der Waals surface area (Å²) in [6.07, 6.45) is 1.51. The van der Waals surface area contributed by atoms with Crippen molar-refractivity contribution < 1.29 is 14.6 Å². The van der Waals surface area contributed by atoms with Gasteiger partial charge in [-0.15, -0.1) is 0 Å². The third kappa shape index (κ3) is 5.20. The predicted molar refractivity (Wildman–Crippen MR) is 106 cm³/mol. The lowest BCUT2D eigenvalue weighted by atomic mass is 10.1. The molecule has 0 unspecified atom stereocenters. The highest BCUT2D eigenvalue weighted by molar-refractivity contribution is 14.1. The zero-order valence-electron chi connectivity index (χ0n) is 13.1. The van der Waals surface area contributed by atoms with E-state index in [0.29, 0.717) is 9.32 Å². The minimum Gasteiger partial charge on any atom is -0.507 e. The lowest BCUT2D eigenvalue weighted by molar-refractivity contribution is -0.123. The van der Waals surface area contributed by atoms with Crippen LogP contribution in [0.2, 0.25) is 0 Å². The van der Waals surface area contributed by atoms with Crippen molar-refractivity contribution in [1.82, 2.24) is 5.43 Å². The molecule has 2 rings (SSSR count). The number of hydrogen-bond acceptors (Lipinski definition) is 4. The quantitative estimate of drug-likeness (QED) is 0.370. The summed E-state index contributed by atoms with van der Waals surface area (Å²) >= 11 is 5.46. The second kappa shape index (κ2) is 8.48. The van der Waals surface area contributed by atoms with Gasteiger partial charge in [0.25, 0.3) is 5.91 Å².